The Morgan fingerprint density at radius 1 is 1.32 bits per heavy atom. The Kier molecular flexibility index (Phi) is 7.97. The van der Waals surface area contributed by atoms with E-state index in [4.69, 9.17) is 10.4 Å². The van der Waals surface area contributed by atoms with Crippen LogP contribution in [0.3, 0.4) is 0 Å². The van der Waals surface area contributed by atoms with E-state index in [1.807, 2.05) is 13.8 Å². The molecule has 19 heavy (non-hydrogen) atoms. The minimum absolute atomic E-state index is 0.0666. The summed E-state index contributed by atoms with van der Waals surface area (Å²) >= 11 is 0. The van der Waals surface area contributed by atoms with Gasteiger partial charge in [-0.3, -0.25) is 14.8 Å². The highest BCUT2D eigenvalue weighted by molar-refractivity contribution is 7.85. The molecule has 0 fully saturated rings. The van der Waals surface area contributed by atoms with Crippen molar-refractivity contribution >= 4 is 16.0 Å². The topological polar surface area (TPSA) is 109 Å². The molecule has 0 unspecified atom stereocenters. The summed E-state index contributed by atoms with van der Waals surface area (Å²) in [6.07, 6.45) is 2.50. The lowest BCUT2D eigenvalue weighted by Crippen LogP contribution is -2.29. The fourth-order valence-electron chi connectivity index (χ4n) is 1.12. The number of nitrogens with one attached hydrogen (secondary N) is 1. The molecule has 0 heterocycles. The first-order valence-corrected chi connectivity index (χ1v) is 7.28. The predicted octanol–water partition coefficient (Wildman–Crippen LogP) is 1.41. The van der Waals surface area contributed by atoms with Crippen LogP contribution in [0.5, 0.6) is 0 Å². The van der Waals surface area contributed by atoms with Gasteiger partial charge in [0.25, 0.3) is 10.1 Å². The summed E-state index contributed by atoms with van der Waals surface area (Å²) in [7, 11) is -4.02. The second kappa shape index (κ2) is 8.63. The maximum absolute atomic E-state index is 10.5. The molecule has 0 saturated carbocycles. The number of rotatable bonds is 4. The van der Waals surface area contributed by atoms with Crippen molar-refractivity contribution in [1.29, 1.82) is 0 Å². The summed E-state index contributed by atoms with van der Waals surface area (Å²) in [5, 5.41) is 0. The highest BCUT2D eigenvalue weighted by atomic mass is 32.2. The number of hydrazine groups is 1. The van der Waals surface area contributed by atoms with Gasteiger partial charge in [-0.05, 0) is 25.5 Å². The third-order valence-electron chi connectivity index (χ3n) is 2.24. The Balaban J connectivity index is 0.000000362. The Morgan fingerprint density at radius 3 is 2.21 bits per heavy atom. The third-order valence-corrected chi connectivity index (χ3v) is 3.11. The van der Waals surface area contributed by atoms with Crippen LogP contribution in [-0.4, -0.2) is 18.9 Å². The van der Waals surface area contributed by atoms with Gasteiger partial charge in [0.15, 0.2) is 0 Å². The molecule has 0 spiro atoms. The van der Waals surface area contributed by atoms with Crippen LogP contribution >= 0.6 is 0 Å². The SMILES string of the molecule is CCCCC(=O)NN.Cc1ccc(S(=O)(=O)O)cc1. The Morgan fingerprint density at radius 2 is 1.84 bits per heavy atom. The molecule has 108 valence electrons. The van der Waals surface area contributed by atoms with Crippen LogP contribution in [-0.2, 0) is 14.9 Å². The predicted molar refractivity (Wildman–Crippen MR) is 72.8 cm³/mol. The zero-order chi connectivity index (χ0) is 14.9. The van der Waals surface area contributed by atoms with E-state index < -0.39 is 10.1 Å². The molecule has 0 aliphatic carbocycles. The molecule has 0 radical (unpaired) electrons. The van der Waals surface area contributed by atoms with Gasteiger partial charge in [-0.1, -0.05) is 31.0 Å². The van der Waals surface area contributed by atoms with Crippen molar-refractivity contribution in [3.63, 3.8) is 0 Å². The van der Waals surface area contributed by atoms with Crippen LogP contribution < -0.4 is 11.3 Å². The Hall–Kier alpha value is -1.44. The lowest BCUT2D eigenvalue weighted by molar-refractivity contribution is -0.121. The second-order valence-corrected chi connectivity index (χ2v) is 5.38. The number of nitrogens with two attached hydrogens (primary N) is 1. The molecular formula is C12H20N2O4S. The maximum atomic E-state index is 10.5. The highest BCUT2D eigenvalue weighted by Crippen LogP contribution is 2.08. The molecule has 0 aliphatic heterocycles. The summed E-state index contributed by atoms with van der Waals surface area (Å²) < 4.78 is 29.6. The standard InChI is InChI=1S/C7H8O3S.C5H12N2O/c1-6-2-4-7(5-3-6)11(8,9)10;1-2-3-4-5(8)7-6/h2-5H,1H3,(H,8,9,10);2-4,6H2,1H3,(H,7,8). The number of hydrogen-bond donors (Lipinski definition) is 3. The Labute approximate surface area is 113 Å². The van der Waals surface area contributed by atoms with Crippen LogP contribution in [0.1, 0.15) is 31.7 Å². The Bertz CT molecular complexity index is 483. The summed E-state index contributed by atoms with van der Waals surface area (Å²) in [4.78, 5) is 10.3. The number of aryl methyl sites for hydroxylation is 1. The molecule has 4 N–H and O–H groups in total. The summed E-state index contributed by atoms with van der Waals surface area (Å²) in [6.45, 7) is 3.87. The zero-order valence-electron chi connectivity index (χ0n) is 11.1. The number of carbonyl (C=O) groups excluding carboxylic acids is 1. The first-order chi connectivity index (χ1) is 8.81. The zero-order valence-corrected chi connectivity index (χ0v) is 11.9. The monoisotopic (exact) mass is 288 g/mol. The maximum Gasteiger partial charge on any atom is 0.294 e. The molecule has 6 nitrogen and oxygen atoms in total. The number of hydrogen-bond acceptors (Lipinski definition) is 4. The lowest BCUT2D eigenvalue weighted by atomic mass is 10.2. The van der Waals surface area contributed by atoms with Crippen molar-refractivity contribution in [3.05, 3.63) is 29.8 Å². The van der Waals surface area contributed by atoms with E-state index in [0.717, 1.165) is 18.4 Å². The molecule has 1 rings (SSSR count). The normalized spacial score (nSPS) is 10.3. The van der Waals surface area contributed by atoms with Crippen LogP contribution in [0.2, 0.25) is 0 Å². The minimum atomic E-state index is -4.02. The van der Waals surface area contributed by atoms with Gasteiger partial charge in [-0.25, -0.2) is 5.84 Å². The van der Waals surface area contributed by atoms with Crippen molar-refractivity contribution < 1.29 is 17.8 Å². The first-order valence-electron chi connectivity index (χ1n) is 5.84. The average molecular weight is 288 g/mol. The average Bonchev–Trinajstić information content (AvgIpc) is 2.36. The molecule has 1 aromatic rings. The van der Waals surface area contributed by atoms with Crippen molar-refractivity contribution in [2.24, 2.45) is 5.84 Å². The molecule has 7 heteroatoms. The summed E-state index contributed by atoms with van der Waals surface area (Å²) in [6, 6.07) is 5.99. The molecule has 0 aliphatic rings. The van der Waals surface area contributed by atoms with Crippen LogP contribution in [0, 0.1) is 6.92 Å². The van der Waals surface area contributed by atoms with Gasteiger partial charge in [0, 0.05) is 6.42 Å². The molecule has 0 bridgehead atoms. The van der Waals surface area contributed by atoms with Crippen LogP contribution in [0.25, 0.3) is 0 Å². The summed E-state index contributed by atoms with van der Waals surface area (Å²) in [5.74, 6) is 4.74. The largest absolute Gasteiger partial charge is 0.294 e. The van der Waals surface area contributed by atoms with Gasteiger partial charge in [0.2, 0.25) is 5.91 Å². The highest BCUT2D eigenvalue weighted by Gasteiger charge is 2.06. The first kappa shape index (κ1) is 17.6. The van der Waals surface area contributed by atoms with Gasteiger partial charge in [-0.15, -0.1) is 0 Å². The van der Waals surface area contributed by atoms with Crippen LogP contribution in [0.15, 0.2) is 29.2 Å². The number of benzene rings is 1. The fourth-order valence-corrected chi connectivity index (χ4v) is 1.60. The number of unbranched alkanes of at least 4 members (excludes halogenated alkanes) is 1. The van der Waals surface area contributed by atoms with Crippen molar-refractivity contribution in [3.8, 4) is 0 Å². The van der Waals surface area contributed by atoms with Gasteiger partial charge in [0.1, 0.15) is 0 Å². The lowest BCUT2D eigenvalue weighted by Gasteiger charge is -1.95. The van der Waals surface area contributed by atoms with Gasteiger partial charge in [0.05, 0.1) is 4.90 Å². The fraction of sp³-hybridized carbons (Fsp3) is 0.417. The number of carbonyl (C=O) groups is 1. The van der Waals surface area contributed by atoms with E-state index in [0.29, 0.717) is 6.42 Å². The molecule has 1 aromatic carbocycles. The quantitative estimate of drug-likeness (QED) is 0.336. The molecule has 0 atom stereocenters. The van der Waals surface area contributed by atoms with E-state index in [1.165, 1.54) is 12.1 Å². The number of amides is 1. The van der Waals surface area contributed by atoms with Gasteiger partial charge < -0.3 is 0 Å². The van der Waals surface area contributed by atoms with E-state index in [9.17, 15) is 13.2 Å². The molecule has 0 saturated heterocycles. The third kappa shape index (κ3) is 8.30. The van der Waals surface area contributed by atoms with Gasteiger partial charge >= 0.3 is 0 Å². The van der Waals surface area contributed by atoms with Crippen molar-refractivity contribution in [2.45, 2.75) is 38.0 Å². The van der Waals surface area contributed by atoms with Crippen molar-refractivity contribution in [2.75, 3.05) is 0 Å². The smallest absolute Gasteiger partial charge is 0.294 e. The van der Waals surface area contributed by atoms with E-state index in [1.54, 1.807) is 12.1 Å². The second-order valence-electron chi connectivity index (χ2n) is 3.96. The van der Waals surface area contributed by atoms with Crippen molar-refractivity contribution in [1.82, 2.24) is 5.43 Å². The minimum Gasteiger partial charge on any atom is -0.294 e. The van der Waals surface area contributed by atoms with Crippen LogP contribution in [0.4, 0.5) is 0 Å². The summed E-state index contributed by atoms with van der Waals surface area (Å²) in [5.41, 5.74) is 3.02. The van der Waals surface area contributed by atoms with E-state index in [2.05, 4.69) is 5.43 Å². The molecule has 1 amide bonds. The molecule has 0 aromatic heterocycles. The van der Waals surface area contributed by atoms with E-state index in [-0.39, 0.29) is 10.8 Å². The van der Waals surface area contributed by atoms with Gasteiger partial charge in [-0.2, -0.15) is 8.42 Å². The molecular weight excluding hydrogens is 268 g/mol. The van der Waals surface area contributed by atoms with E-state index >= 15 is 0 Å².